The van der Waals surface area contributed by atoms with Crippen LogP contribution in [-0.4, -0.2) is 72.3 Å². The van der Waals surface area contributed by atoms with Crippen molar-refractivity contribution in [1.82, 2.24) is 15.1 Å². The summed E-state index contributed by atoms with van der Waals surface area (Å²) in [5, 5.41) is 12.6. The molecule has 1 aromatic rings. The van der Waals surface area contributed by atoms with Crippen LogP contribution in [0.5, 0.6) is 5.75 Å². The molecule has 2 fully saturated rings. The molecule has 2 saturated heterocycles. The number of aromatic hydroxyl groups is 1. The largest absolute Gasteiger partial charge is 0.508 e. The van der Waals surface area contributed by atoms with Crippen molar-refractivity contribution >= 4 is 12.2 Å². The molecule has 1 aromatic carbocycles. The number of aldehydes is 1. The predicted molar refractivity (Wildman–Crippen MR) is 91.9 cm³/mol. The number of carbonyl (C=O) groups is 2. The van der Waals surface area contributed by atoms with Crippen LogP contribution in [0, 0.1) is 0 Å². The summed E-state index contributed by atoms with van der Waals surface area (Å²) in [4.78, 5) is 28.1. The number of nitrogens with zero attached hydrogens (tertiary/aromatic N) is 2. The molecule has 3 rings (SSSR count). The molecule has 0 bridgehead atoms. The summed E-state index contributed by atoms with van der Waals surface area (Å²) < 4.78 is 5.45. The van der Waals surface area contributed by atoms with E-state index in [1.807, 2.05) is 19.0 Å². The minimum absolute atomic E-state index is 0.0260. The molecule has 2 aliphatic heterocycles. The fraction of sp³-hybridized carbons (Fsp3) is 0.556. The lowest BCUT2D eigenvalue weighted by atomic mass is 9.99. The van der Waals surface area contributed by atoms with Crippen molar-refractivity contribution in [2.24, 2.45) is 0 Å². The Morgan fingerprint density at radius 3 is 2.56 bits per heavy atom. The number of phenolic OH excluding ortho intramolecular Hbond substituents is 1. The fourth-order valence-corrected chi connectivity index (χ4v) is 3.84. The second-order valence-electron chi connectivity index (χ2n) is 6.79. The van der Waals surface area contributed by atoms with Gasteiger partial charge in [-0.05, 0) is 31.2 Å². The Morgan fingerprint density at radius 1 is 1.32 bits per heavy atom. The van der Waals surface area contributed by atoms with Crippen molar-refractivity contribution in [3.63, 3.8) is 0 Å². The van der Waals surface area contributed by atoms with Crippen LogP contribution in [-0.2, 0) is 20.7 Å². The summed E-state index contributed by atoms with van der Waals surface area (Å²) in [5.41, 5.74) is 0.573. The molecule has 136 valence electrons. The van der Waals surface area contributed by atoms with E-state index in [1.54, 1.807) is 29.2 Å². The smallest absolute Gasteiger partial charge is 0.256 e. The molecule has 25 heavy (non-hydrogen) atoms. The van der Waals surface area contributed by atoms with Gasteiger partial charge in [-0.2, -0.15) is 0 Å². The van der Waals surface area contributed by atoms with Crippen LogP contribution < -0.4 is 5.32 Å². The van der Waals surface area contributed by atoms with Crippen LogP contribution in [0.2, 0.25) is 0 Å². The Labute approximate surface area is 147 Å². The van der Waals surface area contributed by atoms with E-state index in [2.05, 4.69) is 5.32 Å². The molecule has 0 aliphatic carbocycles. The lowest BCUT2D eigenvalue weighted by molar-refractivity contribution is -0.133. The van der Waals surface area contributed by atoms with E-state index in [0.717, 1.165) is 24.7 Å². The second-order valence-corrected chi connectivity index (χ2v) is 6.79. The normalized spacial score (nSPS) is 24.6. The Bertz CT molecular complexity index is 628. The molecule has 0 unspecified atom stereocenters. The van der Waals surface area contributed by atoms with Gasteiger partial charge in [-0.1, -0.05) is 12.1 Å². The third-order valence-electron chi connectivity index (χ3n) is 5.45. The Kier molecular flexibility index (Phi) is 5.08. The number of benzene rings is 1. The number of carbonyl (C=O) groups excluding carboxylic acids is 2. The van der Waals surface area contributed by atoms with Crippen molar-refractivity contribution < 1.29 is 19.4 Å². The minimum atomic E-state index is -0.532. The van der Waals surface area contributed by atoms with Gasteiger partial charge in [0.25, 0.3) is 5.91 Å². The van der Waals surface area contributed by atoms with Crippen molar-refractivity contribution in [2.45, 2.75) is 37.1 Å². The predicted octanol–water partition coefficient (Wildman–Crippen LogP) is 0.328. The molecule has 7 heteroatoms. The SMILES string of the molecule is CN1C(=O)[C@H](N[C@H](C=O)Cc2ccc(O)cc2)N(C)C12CCOCC2. The van der Waals surface area contributed by atoms with E-state index >= 15 is 0 Å². The molecule has 0 saturated carbocycles. The van der Waals surface area contributed by atoms with Crippen molar-refractivity contribution in [3.8, 4) is 5.75 Å². The van der Waals surface area contributed by atoms with Gasteiger partial charge in [0, 0.05) is 19.9 Å². The van der Waals surface area contributed by atoms with Gasteiger partial charge in [-0.25, -0.2) is 0 Å². The Balaban J connectivity index is 1.72. The van der Waals surface area contributed by atoms with Gasteiger partial charge in [0.1, 0.15) is 23.9 Å². The lowest BCUT2D eigenvalue weighted by Gasteiger charge is -2.44. The first-order chi connectivity index (χ1) is 12.0. The van der Waals surface area contributed by atoms with Gasteiger partial charge in [-0.15, -0.1) is 0 Å². The van der Waals surface area contributed by atoms with Gasteiger partial charge < -0.3 is 19.5 Å². The molecule has 1 amide bonds. The summed E-state index contributed by atoms with van der Waals surface area (Å²) in [6.45, 7) is 1.25. The van der Waals surface area contributed by atoms with E-state index in [9.17, 15) is 14.7 Å². The first kappa shape index (κ1) is 17.8. The highest BCUT2D eigenvalue weighted by atomic mass is 16.5. The molecule has 2 N–H and O–H groups in total. The third-order valence-corrected chi connectivity index (χ3v) is 5.45. The Morgan fingerprint density at radius 2 is 1.96 bits per heavy atom. The number of likely N-dealkylation sites (N-methyl/N-ethyl adjacent to an activating group) is 2. The maximum atomic E-state index is 12.8. The van der Waals surface area contributed by atoms with Gasteiger partial charge in [0.15, 0.2) is 0 Å². The van der Waals surface area contributed by atoms with Crippen LogP contribution in [0.1, 0.15) is 18.4 Å². The number of hydrogen-bond acceptors (Lipinski definition) is 6. The number of ether oxygens (including phenoxy) is 1. The van der Waals surface area contributed by atoms with Gasteiger partial charge in [0.05, 0.1) is 19.3 Å². The van der Waals surface area contributed by atoms with E-state index in [1.165, 1.54) is 0 Å². The monoisotopic (exact) mass is 347 g/mol. The summed E-state index contributed by atoms with van der Waals surface area (Å²) in [7, 11) is 3.74. The van der Waals surface area contributed by atoms with E-state index in [4.69, 9.17) is 4.74 Å². The molecular formula is C18H25N3O4. The van der Waals surface area contributed by atoms with Gasteiger partial charge >= 0.3 is 0 Å². The Hall–Kier alpha value is -1.96. The first-order valence-corrected chi connectivity index (χ1v) is 8.55. The quantitative estimate of drug-likeness (QED) is 0.747. The molecule has 0 aromatic heterocycles. The average molecular weight is 347 g/mol. The van der Waals surface area contributed by atoms with E-state index in [0.29, 0.717) is 19.6 Å². The fourth-order valence-electron chi connectivity index (χ4n) is 3.84. The van der Waals surface area contributed by atoms with E-state index < -0.39 is 12.2 Å². The molecule has 1 spiro atoms. The van der Waals surface area contributed by atoms with Gasteiger partial charge in [-0.3, -0.25) is 15.0 Å². The standard InChI is InChI=1S/C18H25N3O4/c1-20-16(17(24)21(2)18(20)7-9-25-10-8-18)19-14(12-22)11-13-3-5-15(23)6-4-13/h3-6,12,14,16,19,23H,7-11H2,1-2H3/t14-,16+/m0/s1. The second kappa shape index (κ2) is 7.11. The zero-order valence-corrected chi connectivity index (χ0v) is 14.6. The van der Waals surface area contributed by atoms with Crippen LogP contribution in [0.25, 0.3) is 0 Å². The maximum absolute atomic E-state index is 12.8. The van der Waals surface area contributed by atoms with Crippen LogP contribution in [0.3, 0.4) is 0 Å². The average Bonchev–Trinajstić information content (AvgIpc) is 2.79. The molecule has 2 aliphatic rings. The molecule has 2 atom stereocenters. The zero-order valence-electron chi connectivity index (χ0n) is 14.6. The van der Waals surface area contributed by atoms with Gasteiger partial charge in [0.2, 0.25) is 0 Å². The molecule has 7 nitrogen and oxygen atoms in total. The highest BCUT2D eigenvalue weighted by Gasteiger charge is 2.54. The number of rotatable bonds is 5. The highest BCUT2D eigenvalue weighted by Crippen LogP contribution is 2.36. The molecular weight excluding hydrogens is 322 g/mol. The van der Waals surface area contributed by atoms with Crippen molar-refractivity contribution in [1.29, 1.82) is 0 Å². The number of nitrogens with one attached hydrogen (secondary N) is 1. The van der Waals surface area contributed by atoms with Crippen molar-refractivity contribution in [2.75, 3.05) is 27.3 Å². The first-order valence-electron chi connectivity index (χ1n) is 8.55. The topological polar surface area (TPSA) is 82.1 Å². The highest BCUT2D eigenvalue weighted by molar-refractivity contribution is 5.85. The van der Waals surface area contributed by atoms with Crippen molar-refractivity contribution in [3.05, 3.63) is 29.8 Å². The lowest BCUT2D eigenvalue weighted by Crippen LogP contribution is -2.57. The summed E-state index contributed by atoms with van der Waals surface area (Å²) in [6, 6.07) is 6.26. The van der Waals surface area contributed by atoms with Crippen LogP contribution >= 0.6 is 0 Å². The van der Waals surface area contributed by atoms with Crippen LogP contribution in [0.15, 0.2) is 24.3 Å². The minimum Gasteiger partial charge on any atom is -0.508 e. The number of amides is 1. The number of hydrogen-bond donors (Lipinski definition) is 2. The third kappa shape index (κ3) is 3.27. The summed E-state index contributed by atoms with van der Waals surface area (Å²) in [5.74, 6) is 0.162. The maximum Gasteiger partial charge on any atom is 0.256 e. The number of phenols is 1. The van der Waals surface area contributed by atoms with E-state index in [-0.39, 0.29) is 17.3 Å². The zero-order chi connectivity index (χ0) is 18.0. The van der Waals surface area contributed by atoms with Crippen LogP contribution in [0.4, 0.5) is 0 Å². The molecule has 2 heterocycles. The summed E-state index contributed by atoms with van der Waals surface area (Å²) >= 11 is 0. The summed E-state index contributed by atoms with van der Waals surface area (Å²) in [6.07, 6.45) is 2.28. The molecule has 0 radical (unpaired) electrons.